The molecule has 1 atom stereocenters. The molecule has 0 fully saturated rings. The van der Waals surface area contributed by atoms with Gasteiger partial charge in [-0.05, 0) is 18.9 Å². The standard InChI is InChI=1S/C15H25NO3/c1-13-4-3-5-14(10-13)15(11-16,12-17)6-7-19-9-8-18-2/h3-5,10,17H,6-9,11-12,16H2,1-2H3. The summed E-state index contributed by atoms with van der Waals surface area (Å²) in [5.41, 5.74) is 7.73. The number of aryl methyl sites for hydroxylation is 1. The molecule has 1 aromatic carbocycles. The molecule has 4 heteroatoms. The second-order valence-corrected chi connectivity index (χ2v) is 4.87. The molecule has 4 nitrogen and oxygen atoms in total. The van der Waals surface area contributed by atoms with Crippen molar-refractivity contribution < 1.29 is 14.6 Å². The minimum atomic E-state index is -0.418. The highest BCUT2D eigenvalue weighted by molar-refractivity contribution is 5.30. The van der Waals surface area contributed by atoms with Gasteiger partial charge in [0.25, 0.3) is 0 Å². The van der Waals surface area contributed by atoms with Crippen LogP contribution in [-0.2, 0) is 14.9 Å². The Morgan fingerprint density at radius 2 is 2.05 bits per heavy atom. The van der Waals surface area contributed by atoms with E-state index in [9.17, 15) is 5.11 Å². The molecule has 0 saturated carbocycles. The summed E-state index contributed by atoms with van der Waals surface area (Å²) in [6.45, 7) is 4.18. The van der Waals surface area contributed by atoms with Gasteiger partial charge in [0.2, 0.25) is 0 Å². The molecule has 0 saturated heterocycles. The molecule has 0 aliphatic rings. The lowest BCUT2D eigenvalue weighted by Crippen LogP contribution is -2.40. The van der Waals surface area contributed by atoms with Crippen molar-refractivity contribution in [3.05, 3.63) is 35.4 Å². The van der Waals surface area contributed by atoms with E-state index in [-0.39, 0.29) is 6.61 Å². The molecule has 0 amide bonds. The molecule has 19 heavy (non-hydrogen) atoms. The van der Waals surface area contributed by atoms with E-state index in [1.54, 1.807) is 7.11 Å². The number of methoxy groups -OCH3 is 1. The molecule has 0 bridgehead atoms. The Hall–Kier alpha value is -0.940. The second-order valence-electron chi connectivity index (χ2n) is 4.87. The zero-order valence-electron chi connectivity index (χ0n) is 11.9. The zero-order valence-corrected chi connectivity index (χ0v) is 11.9. The number of hydrogen-bond donors (Lipinski definition) is 2. The number of aliphatic hydroxyl groups excluding tert-OH is 1. The number of aliphatic hydroxyl groups is 1. The Kier molecular flexibility index (Phi) is 7.02. The Labute approximate surface area is 115 Å². The van der Waals surface area contributed by atoms with Crippen LogP contribution >= 0.6 is 0 Å². The molecular weight excluding hydrogens is 242 g/mol. The van der Waals surface area contributed by atoms with Crippen LogP contribution in [0.4, 0.5) is 0 Å². The Balaban J connectivity index is 2.68. The summed E-state index contributed by atoms with van der Waals surface area (Å²) in [6, 6.07) is 8.14. The van der Waals surface area contributed by atoms with Crippen molar-refractivity contribution in [2.45, 2.75) is 18.8 Å². The monoisotopic (exact) mass is 267 g/mol. The first kappa shape index (κ1) is 16.1. The average molecular weight is 267 g/mol. The highest BCUT2D eigenvalue weighted by Gasteiger charge is 2.29. The van der Waals surface area contributed by atoms with Crippen LogP contribution in [0.2, 0.25) is 0 Å². The van der Waals surface area contributed by atoms with Crippen molar-refractivity contribution >= 4 is 0 Å². The van der Waals surface area contributed by atoms with Gasteiger partial charge in [-0.15, -0.1) is 0 Å². The van der Waals surface area contributed by atoms with Gasteiger partial charge in [-0.3, -0.25) is 0 Å². The predicted octanol–water partition coefficient (Wildman–Crippen LogP) is 1.24. The fourth-order valence-electron chi connectivity index (χ4n) is 2.09. The van der Waals surface area contributed by atoms with Crippen LogP contribution in [0, 0.1) is 6.92 Å². The van der Waals surface area contributed by atoms with Gasteiger partial charge >= 0.3 is 0 Å². The average Bonchev–Trinajstić information content (AvgIpc) is 2.43. The molecule has 0 aliphatic carbocycles. The maximum atomic E-state index is 9.76. The fraction of sp³-hybridized carbons (Fsp3) is 0.600. The van der Waals surface area contributed by atoms with Gasteiger partial charge in [0.1, 0.15) is 0 Å². The van der Waals surface area contributed by atoms with Crippen LogP contribution in [0.5, 0.6) is 0 Å². The molecule has 1 aromatic rings. The van der Waals surface area contributed by atoms with Gasteiger partial charge in [0.15, 0.2) is 0 Å². The third-order valence-electron chi connectivity index (χ3n) is 3.48. The normalized spacial score (nSPS) is 14.3. The molecule has 3 N–H and O–H groups in total. The summed E-state index contributed by atoms with van der Waals surface area (Å²) >= 11 is 0. The van der Waals surface area contributed by atoms with Crippen LogP contribution in [0.3, 0.4) is 0 Å². The molecule has 0 radical (unpaired) electrons. The van der Waals surface area contributed by atoms with Gasteiger partial charge < -0.3 is 20.3 Å². The first-order valence-corrected chi connectivity index (χ1v) is 6.63. The Bertz CT molecular complexity index is 364. The highest BCUT2D eigenvalue weighted by Crippen LogP contribution is 2.27. The van der Waals surface area contributed by atoms with Gasteiger partial charge in [-0.2, -0.15) is 0 Å². The molecule has 0 spiro atoms. The lowest BCUT2D eigenvalue weighted by atomic mass is 9.78. The van der Waals surface area contributed by atoms with Crippen LogP contribution in [0.25, 0.3) is 0 Å². The third-order valence-corrected chi connectivity index (χ3v) is 3.48. The molecule has 0 aliphatic heterocycles. The maximum absolute atomic E-state index is 9.76. The second kappa shape index (κ2) is 8.27. The summed E-state index contributed by atoms with van der Waals surface area (Å²) in [4.78, 5) is 0. The van der Waals surface area contributed by atoms with E-state index < -0.39 is 5.41 Å². The SMILES string of the molecule is COCCOCCC(CN)(CO)c1cccc(C)c1. The van der Waals surface area contributed by atoms with Crippen LogP contribution in [-0.4, -0.2) is 45.2 Å². The molecule has 1 rings (SSSR count). The van der Waals surface area contributed by atoms with E-state index >= 15 is 0 Å². The van der Waals surface area contributed by atoms with Gasteiger partial charge in [0, 0.05) is 25.7 Å². The number of hydrogen-bond acceptors (Lipinski definition) is 4. The number of nitrogens with two attached hydrogens (primary N) is 1. The first-order valence-electron chi connectivity index (χ1n) is 6.63. The molecule has 0 aromatic heterocycles. The van der Waals surface area contributed by atoms with Crippen molar-refractivity contribution in [2.24, 2.45) is 5.73 Å². The largest absolute Gasteiger partial charge is 0.395 e. The van der Waals surface area contributed by atoms with Crippen LogP contribution in [0.1, 0.15) is 17.5 Å². The lowest BCUT2D eigenvalue weighted by Gasteiger charge is -2.31. The summed E-state index contributed by atoms with van der Waals surface area (Å²) < 4.78 is 10.4. The van der Waals surface area contributed by atoms with E-state index in [0.717, 1.165) is 5.56 Å². The van der Waals surface area contributed by atoms with E-state index in [1.165, 1.54) is 5.56 Å². The maximum Gasteiger partial charge on any atom is 0.0700 e. The Morgan fingerprint density at radius 3 is 2.63 bits per heavy atom. The van der Waals surface area contributed by atoms with Gasteiger partial charge in [-0.1, -0.05) is 29.8 Å². The fourth-order valence-corrected chi connectivity index (χ4v) is 2.09. The number of rotatable bonds is 9. The van der Waals surface area contributed by atoms with Gasteiger partial charge in [-0.25, -0.2) is 0 Å². The van der Waals surface area contributed by atoms with Crippen molar-refractivity contribution in [2.75, 3.05) is 40.1 Å². The minimum absolute atomic E-state index is 0.0284. The van der Waals surface area contributed by atoms with Crippen molar-refractivity contribution in [3.63, 3.8) is 0 Å². The van der Waals surface area contributed by atoms with E-state index in [1.807, 2.05) is 25.1 Å². The minimum Gasteiger partial charge on any atom is -0.395 e. The van der Waals surface area contributed by atoms with E-state index in [2.05, 4.69) is 6.07 Å². The number of ether oxygens (including phenoxy) is 2. The lowest BCUT2D eigenvalue weighted by molar-refractivity contribution is 0.0538. The smallest absolute Gasteiger partial charge is 0.0700 e. The van der Waals surface area contributed by atoms with Crippen molar-refractivity contribution in [1.29, 1.82) is 0 Å². The first-order chi connectivity index (χ1) is 9.18. The highest BCUT2D eigenvalue weighted by atomic mass is 16.5. The van der Waals surface area contributed by atoms with Gasteiger partial charge in [0.05, 0.1) is 19.8 Å². The Morgan fingerprint density at radius 1 is 1.26 bits per heavy atom. The van der Waals surface area contributed by atoms with E-state index in [4.69, 9.17) is 15.2 Å². The topological polar surface area (TPSA) is 64.7 Å². The van der Waals surface area contributed by atoms with Crippen LogP contribution in [0.15, 0.2) is 24.3 Å². The molecule has 1 unspecified atom stereocenters. The zero-order chi connectivity index (χ0) is 14.1. The predicted molar refractivity (Wildman–Crippen MR) is 76.3 cm³/mol. The van der Waals surface area contributed by atoms with Crippen molar-refractivity contribution in [1.82, 2.24) is 0 Å². The van der Waals surface area contributed by atoms with Crippen LogP contribution < -0.4 is 5.73 Å². The number of benzene rings is 1. The third kappa shape index (κ3) is 4.58. The summed E-state index contributed by atoms with van der Waals surface area (Å²) in [5, 5.41) is 9.76. The summed E-state index contributed by atoms with van der Waals surface area (Å²) in [6.07, 6.45) is 0.702. The van der Waals surface area contributed by atoms with E-state index in [0.29, 0.717) is 32.8 Å². The molecule has 0 heterocycles. The van der Waals surface area contributed by atoms with Crippen molar-refractivity contribution in [3.8, 4) is 0 Å². The molecule has 108 valence electrons. The summed E-state index contributed by atoms with van der Waals surface area (Å²) in [7, 11) is 1.65. The summed E-state index contributed by atoms with van der Waals surface area (Å²) in [5.74, 6) is 0. The molecular formula is C15H25NO3. The quantitative estimate of drug-likeness (QED) is 0.661.